The number of nitrogens with one attached hydrogen (secondary N) is 1. The minimum absolute atomic E-state index is 0.0818. The van der Waals surface area contributed by atoms with Crippen molar-refractivity contribution in [3.8, 4) is 0 Å². The van der Waals surface area contributed by atoms with Crippen LogP contribution in [-0.2, 0) is 25.5 Å². The fourth-order valence-corrected chi connectivity index (χ4v) is 5.45. The number of rotatable bonds is 7. The third-order valence-corrected chi connectivity index (χ3v) is 6.99. The Morgan fingerprint density at radius 1 is 1.21 bits per heavy atom. The fourth-order valence-electron chi connectivity index (χ4n) is 4.33. The molecular formula is C22H28N2O4S. The molecule has 1 saturated heterocycles. The molecule has 2 fully saturated rings. The summed E-state index contributed by atoms with van der Waals surface area (Å²) >= 11 is 1.64. The Morgan fingerprint density at radius 3 is 2.79 bits per heavy atom. The van der Waals surface area contributed by atoms with Crippen molar-refractivity contribution in [2.24, 2.45) is 5.41 Å². The van der Waals surface area contributed by atoms with Crippen LogP contribution in [0.3, 0.4) is 0 Å². The van der Waals surface area contributed by atoms with E-state index in [0.717, 1.165) is 66.8 Å². The normalized spacial score (nSPS) is 21.2. The van der Waals surface area contributed by atoms with Gasteiger partial charge in [-0.15, -0.1) is 11.3 Å². The highest BCUT2D eigenvalue weighted by Gasteiger charge is 2.42. The Bertz CT molecular complexity index is 820. The molecule has 1 N–H and O–H groups in total. The first-order chi connectivity index (χ1) is 14.1. The molecular weight excluding hydrogens is 388 g/mol. The van der Waals surface area contributed by atoms with Crippen molar-refractivity contribution < 1.29 is 19.1 Å². The number of carbonyl (C=O) groups excluding carboxylic acids is 2. The molecule has 1 atom stereocenters. The van der Waals surface area contributed by atoms with E-state index in [1.54, 1.807) is 11.3 Å². The lowest BCUT2D eigenvalue weighted by Crippen LogP contribution is -2.40. The first-order valence-corrected chi connectivity index (χ1v) is 11.4. The Morgan fingerprint density at radius 2 is 2.03 bits per heavy atom. The van der Waals surface area contributed by atoms with Crippen LogP contribution in [0.15, 0.2) is 24.3 Å². The lowest BCUT2D eigenvalue weighted by Gasteiger charge is -2.34. The quantitative estimate of drug-likeness (QED) is 0.698. The summed E-state index contributed by atoms with van der Waals surface area (Å²) in [7, 11) is 0. The van der Waals surface area contributed by atoms with Crippen LogP contribution in [0.5, 0.6) is 0 Å². The molecule has 2 aliphatic rings. The first-order valence-electron chi connectivity index (χ1n) is 10.5. The lowest BCUT2D eigenvalue weighted by molar-refractivity contribution is -0.161. The average Bonchev–Trinajstić information content (AvgIpc) is 3.40. The molecule has 1 aromatic heterocycles. The van der Waals surface area contributed by atoms with Gasteiger partial charge in [-0.1, -0.05) is 31.4 Å². The number of thiazole rings is 1. The number of ether oxygens (including phenoxy) is 2. The summed E-state index contributed by atoms with van der Waals surface area (Å²) in [5.41, 5.74) is 0.404. The van der Waals surface area contributed by atoms with E-state index < -0.39 is 5.41 Å². The standard InChI is InChI=1S/C22H28N2O4S/c25-19(23-14-16-7-6-12-27-16)15-28-21(26)22(10-4-1-5-11-22)13-20-24-17-8-2-3-9-18(17)29-20/h2-3,8-9,16H,1,4-7,10-15H2,(H,23,25). The number of fused-ring (bicyclic) bond motifs is 1. The summed E-state index contributed by atoms with van der Waals surface area (Å²) in [6.07, 6.45) is 7.39. The van der Waals surface area contributed by atoms with Crippen LogP contribution in [0.4, 0.5) is 0 Å². The number of carbonyl (C=O) groups is 2. The predicted octanol–water partition coefficient (Wildman–Crippen LogP) is 3.63. The molecule has 0 spiro atoms. The number of para-hydroxylation sites is 1. The number of benzene rings is 1. The van der Waals surface area contributed by atoms with Gasteiger partial charge in [-0.25, -0.2) is 4.98 Å². The predicted molar refractivity (Wildman–Crippen MR) is 112 cm³/mol. The lowest BCUT2D eigenvalue weighted by atomic mass is 9.72. The van der Waals surface area contributed by atoms with Gasteiger partial charge in [0.15, 0.2) is 6.61 Å². The Hall–Kier alpha value is -1.99. The van der Waals surface area contributed by atoms with Crippen LogP contribution in [0, 0.1) is 5.41 Å². The largest absolute Gasteiger partial charge is 0.455 e. The maximum Gasteiger partial charge on any atom is 0.313 e. The molecule has 156 valence electrons. The van der Waals surface area contributed by atoms with E-state index in [9.17, 15) is 9.59 Å². The third kappa shape index (κ3) is 4.95. The van der Waals surface area contributed by atoms with E-state index in [0.29, 0.717) is 13.0 Å². The molecule has 1 aromatic carbocycles. The van der Waals surface area contributed by atoms with Gasteiger partial charge in [-0.3, -0.25) is 9.59 Å². The fraction of sp³-hybridized carbons (Fsp3) is 0.591. The highest BCUT2D eigenvalue weighted by atomic mass is 32.1. The number of hydrogen-bond acceptors (Lipinski definition) is 6. The van der Waals surface area contributed by atoms with E-state index in [1.807, 2.05) is 18.2 Å². The maximum absolute atomic E-state index is 13.1. The zero-order valence-electron chi connectivity index (χ0n) is 16.7. The van der Waals surface area contributed by atoms with E-state index in [-0.39, 0.29) is 24.6 Å². The summed E-state index contributed by atoms with van der Waals surface area (Å²) in [5, 5.41) is 3.78. The minimum atomic E-state index is -0.568. The summed E-state index contributed by atoms with van der Waals surface area (Å²) in [6, 6.07) is 8.04. The molecule has 1 aliphatic heterocycles. The zero-order chi connectivity index (χ0) is 20.1. The van der Waals surface area contributed by atoms with E-state index >= 15 is 0 Å². The second-order valence-corrected chi connectivity index (χ2v) is 9.22. The second-order valence-electron chi connectivity index (χ2n) is 8.11. The Labute approximate surface area is 175 Å². The Kier molecular flexibility index (Phi) is 6.45. The molecule has 29 heavy (non-hydrogen) atoms. The first kappa shape index (κ1) is 20.3. The summed E-state index contributed by atoms with van der Waals surface area (Å²) in [4.78, 5) is 29.9. The highest BCUT2D eigenvalue weighted by molar-refractivity contribution is 7.18. The SMILES string of the molecule is O=C(COC(=O)C1(Cc2nc3ccccc3s2)CCCCC1)NCC1CCCO1. The van der Waals surface area contributed by atoms with Crippen molar-refractivity contribution in [1.29, 1.82) is 0 Å². The van der Waals surface area contributed by atoms with E-state index in [2.05, 4.69) is 11.4 Å². The maximum atomic E-state index is 13.1. The number of esters is 1. The summed E-state index contributed by atoms with van der Waals surface area (Å²) in [5.74, 6) is -0.525. The smallest absolute Gasteiger partial charge is 0.313 e. The van der Waals surface area contributed by atoms with Gasteiger partial charge in [0.1, 0.15) is 0 Å². The number of nitrogens with zero attached hydrogens (tertiary/aromatic N) is 1. The van der Waals surface area contributed by atoms with Gasteiger partial charge in [0.2, 0.25) is 0 Å². The van der Waals surface area contributed by atoms with Crippen molar-refractivity contribution in [3.05, 3.63) is 29.3 Å². The summed E-state index contributed by atoms with van der Waals surface area (Å²) in [6.45, 7) is 1.00. The topological polar surface area (TPSA) is 77.5 Å². The van der Waals surface area contributed by atoms with Crippen LogP contribution < -0.4 is 5.32 Å². The van der Waals surface area contributed by atoms with Crippen LogP contribution in [-0.4, -0.2) is 42.7 Å². The van der Waals surface area contributed by atoms with Gasteiger partial charge in [-0.05, 0) is 37.8 Å². The van der Waals surface area contributed by atoms with Crippen molar-refractivity contribution in [1.82, 2.24) is 10.3 Å². The highest BCUT2D eigenvalue weighted by Crippen LogP contribution is 2.41. The summed E-state index contributed by atoms with van der Waals surface area (Å²) < 4.78 is 12.1. The van der Waals surface area contributed by atoms with Gasteiger partial charge in [0, 0.05) is 19.6 Å². The molecule has 1 saturated carbocycles. The molecule has 2 aromatic rings. The molecule has 0 bridgehead atoms. The van der Waals surface area contributed by atoms with E-state index in [4.69, 9.17) is 14.5 Å². The number of amides is 1. The minimum Gasteiger partial charge on any atom is -0.455 e. The van der Waals surface area contributed by atoms with Crippen LogP contribution in [0.1, 0.15) is 50.0 Å². The van der Waals surface area contributed by atoms with Crippen molar-refractivity contribution in [3.63, 3.8) is 0 Å². The molecule has 4 rings (SSSR count). The van der Waals surface area contributed by atoms with Gasteiger partial charge >= 0.3 is 5.97 Å². The van der Waals surface area contributed by atoms with Crippen LogP contribution in [0.25, 0.3) is 10.2 Å². The van der Waals surface area contributed by atoms with Gasteiger partial charge in [0.05, 0.1) is 26.7 Å². The molecule has 7 heteroatoms. The van der Waals surface area contributed by atoms with Crippen molar-refractivity contribution in [2.75, 3.05) is 19.8 Å². The van der Waals surface area contributed by atoms with Gasteiger partial charge < -0.3 is 14.8 Å². The van der Waals surface area contributed by atoms with Gasteiger partial charge in [-0.2, -0.15) is 0 Å². The van der Waals surface area contributed by atoms with Crippen LogP contribution in [0.2, 0.25) is 0 Å². The van der Waals surface area contributed by atoms with E-state index in [1.165, 1.54) is 0 Å². The zero-order valence-corrected chi connectivity index (χ0v) is 17.5. The molecule has 2 heterocycles. The average molecular weight is 417 g/mol. The van der Waals surface area contributed by atoms with Crippen molar-refractivity contribution >= 4 is 33.4 Å². The molecule has 6 nitrogen and oxygen atoms in total. The Balaban J connectivity index is 1.37. The molecule has 1 aliphatic carbocycles. The van der Waals surface area contributed by atoms with Crippen LogP contribution >= 0.6 is 11.3 Å². The van der Waals surface area contributed by atoms with Crippen molar-refractivity contribution in [2.45, 2.75) is 57.5 Å². The second kappa shape index (κ2) is 9.22. The molecule has 0 radical (unpaired) electrons. The van der Waals surface area contributed by atoms with Gasteiger partial charge in [0.25, 0.3) is 5.91 Å². The molecule has 1 unspecified atom stereocenters. The molecule has 1 amide bonds. The monoisotopic (exact) mass is 416 g/mol. The number of aromatic nitrogens is 1. The third-order valence-electron chi connectivity index (χ3n) is 5.96. The number of hydrogen-bond donors (Lipinski definition) is 1.